The topological polar surface area (TPSA) is 125 Å². The maximum atomic E-state index is 12.8. The van der Waals surface area contributed by atoms with Gasteiger partial charge in [-0.2, -0.15) is 10.1 Å². The molecule has 2 atom stereocenters. The molecule has 2 unspecified atom stereocenters. The van der Waals surface area contributed by atoms with E-state index in [1.54, 1.807) is 17.1 Å². The van der Waals surface area contributed by atoms with Crippen molar-refractivity contribution in [1.82, 2.24) is 40.9 Å². The summed E-state index contributed by atoms with van der Waals surface area (Å²) in [5.74, 6) is 2.35. The molecule has 0 bridgehead atoms. The Hall–Kier alpha value is -3.57. The molecule has 0 saturated carbocycles. The Kier molecular flexibility index (Phi) is 6.87. The number of pyridine rings is 1. The smallest absolute Gasteiger partial charge is 0.227 e. The van der Waals surface area contributed by atoms with Crippen LogP contribution in [0.4, 0.5) is 11.8 Å². The molecule has 2 fully saturated rings. The Morgan fingerprint density at radius 2 is 2.06 bits per heavy atom. The van der Waals surface area contributed by atoms with Gasteiger partial charge in [-0.15, -0.1) is 0 Å². The third-order valence-electron chi connectivity index (χ3n) is 6.42. The van der Waals surface area contributed by atoms with Gasteiger partial charge in [-0.1, -0.05) is 6.07 Å². The minimum Gasteiger partial charge on any atom is -0.353 e. The minimum atomic E-state index is -0.0137. The summed E-state index contributed by atoms with van der Waals surface area (Å²) in [7, 11) is 0. The average molecular weight is 477 g/mol. The molecule has 0 aromatic carbocycles. The summed E-state index contributed by atoms with van der Waals surface area (Å²) in [5.41, 5.74) is 8.33. The summed E-state index contributed by atoms with van der Waals surface area (Å²) in [4.78, 5) is 28.8. The number of carbonyl (C=O) groups is 1. The first-order chi connectivity index (χ1) is 17.0. The third kappa shape index (κ3) is 5.75. The van der Waals surface area contributed by atoms with Crippen LogP contribution in [0.5, 0.6) is 0 Å². The van der Waals surface area contributed by atoms with E-state index < -0.39 is 0 Å². The zero-order valence-electron chi connectivity index (χ0n) is 20.1. The number of rotatable bonds is 7. The molecule has 1 amide bonds. The van der Waals surface area contributed by atoms with Gasteiger partial charge >= 0.3 is 0 Å². The van der Waals surface area contributed by atoms with Gasteiger partial charge in [0, 0.05) is 61.9 Å². The van der Waals surface area contributed by atoms with Crippen molar-refractivity contribution >= 4 is 17.7 Å². The van der Waals surface area contributed by atoms with Gasteiger partial charge in [0.25, 0.3) is 0 Å². The van der Waals surface area contributed by atoms with E-state index in [1.165, 1.54) is 0 Å². The van der Waals surface area contributed by atoms with Gasteiger partial charge in [0.15, 0.2) is 5.82 Å². The van der Waals surface area contributed by atoms with Gasteiger partial charge < -0.3 is 15.5 Å². The summed E-state index contributed by atoms with van der Waals surface area (Å²) < 4.78 is 1.70. The molecule has 2 aliphatic rings. The number of piperidine rings is 1. The molecule has 5 rings (SSSR count). The molecule has 184 valence electrons. The van der Waals surface area contributed by atoms with Gasteiger partial charge in [-0.25, -0.2) is 20.1 Å². The average Bonchev–Trinajstić information content (AvgIpc) is 3.55. The van der Waals surface area contributed by atoms with E-state index in [1.807, 2.05) is 37.4 Å². The Morgan fingerprint density at radius 1 is 1.20 bits per heavy atom. The van der Waals surface area contributed by atoms with Crippen LogP contribution in [0.15, 0.2) is 42.9 Å². The fraction of sp³-hybridized carbons (Fsp3) is 0.458. The van der Waals surface area contributed by atoms with E-state index in [0.29, 0.717) is 18.5 Å². The highest BCUT2D eigenvalue weighted by atomic mass is 16.1. The zero-order chi connectivity index (χ0) is 24.2. The Morgan fingerprint density at radius 3 is 2.74 bits per heavy atom. The largest absolute Gasteiger partial charge is 0.353 e. The molecule has 5 heterocycles. The van der Waals surface area contributed by atoms with Crippen molar-refractivity contribution in [2.24, 2.45) is 5.92 Å². The summed E-state index contributed by atoms with van der Waals surface area (Å²) in [6.45, 7) is 6.09. The van der Waals surface area contributed by atoms with Gasteiger partial charge in [-0.3, -0.25) is 10.2 Å². The molecule has 2 aliphatic heterocycles. The second-order valence-electron chi connectivity index (χ2n) is 9.27. The van der Waals surface area contributed by atoms with E-state index in [2.05, 4.69) is 48.4 Å². The van der Waals surface area contributed by atoms with E-state index in [9.17, 15) is 4.79 Å². The second-order valence-corrected chi connectivity index (χ2v) is 9.27. The number of carbonyl (C=O) groups excluding carboxylic acids is 1. The number of hydrazine groups is 1. The SMILES string of the molecule is Cc1cc(NC2CC(C)NN2)nc(N2CCC(C(=O)NCc3ccc(-n4cccn4)nc3)CC2)n1. The summed E-state index contributed by atoms with van der Waals surface area (Å²) in [6, 6.07) is 8.10. The third-order valence-corrected chi connectivity index (χ3v) is 6.42. The molecule has 0 aliphatic carbocycles. The van der Waals surface area contributed by atoms with Gasteiger partial charge in [0.2, 0.25) is 11.9 Å². The molecule has 35 heavy (non-hydrogen) atoms. The van der Waals surface area contributed by atoms with Crippen LogP contribution in [0.3, 0.4) is 0 Å². The highest BCUT2D eigenvalue weighted by Gasteiger charge is 2.27. The molecule has 3 aromatic heterocycles. The lowest BCUT2D eigenvalue weighted by Gasteiger charge is -2.31. The first kappa shape index (κ1) is 23.2. The van der Waals surface area contributed by atoms with Gasteiger partial charge in [-0.05, 0) is 50.8 Å². The molecule has 0 radical (unpaired) electrons. The Balaban J connectivity index is 1.11. The van der Waals surface area contributed by atoms with Crippen LogP contribution in [0.1, 0.15) is 37.4 Å². The summed E-state index contributed by atoms with van der Waals surface area (Å²) in [5, 5.41) is 10.7. The summed E-state index contributed by atoms with van der Waals surface area (Å²) in [6.07, 6.45) is 8.00. The van der Waals surface area contributed by atoms with Crippen LogP contribution in [0.2, 0.25) is 0 Å². The molecule has 2 saturated heterocycles. The number of hydrogen-bond donors (Lipinski definition) is 4. The van der Waals surface area contributed by atoms with Gasteiger partial charge in [0.1, 0.15) is 5.82 Å². The molecule has 0 spiro atoms. The standard InChI is InChI=1S/C24H32N10O/c1-16-12-20(29-21-13-17(2)31-32-21)30-24(28-16)33-10-6-19(7-11-33)23(35)26-15-18-4-5-22(25-14-18)34-9-3-8-27-34/h3-5,8-9,12,14,17,19,21,31-32H,6-7,10-11,13,15H2,1-2H3,(H,26,35)(H,28,29,30). The molecule has 3 aromatic rings. The number of nitrogens with zero attached hydrogens (tertiary/aromatic N) is 6. The van der Waals surface area contributed by atoms with Crippen molar-refractivity contribution in [3.05, 3.63) is 54.1 Å². The number of aryl methyl sites for hydroxylation is 1. The minimum absolute atomic E-state index is 0.0137. The van der Waals surface area contributed by atoms with Crippen LogP contribution in [-0.4, -0.2) is 55.9 Å². The van der Waals surface area contributed by atoms with Crippen molar-refractivity contribution in [2.75, 3.05) is 23.3 Å². The zero-order valence-corrected chi connectivity index (χ0v) is 20.1. The first-order valence-electron chi connectivity index (χ1n) is 12.1. The van der Waals surface area contributed by atoms with Crippen LogP contribution in [0.25, 0.3) is 5.82 Å². The van der Waals surface area contributed by atoms with Crippen molar-refractivity contribution in [2.45, 2.75) is 51.9 Å². The van der Waals surface area contributed by atoms with Crippen molar-refractivity contribution < 1.29 is 4.79 Å². The normalized spacial score (nSPS) is 20.7. The van der Waals surface area contributed by atoms with E-state index in [4.69, 9.17) is 4.98 Å². The number of amides is 1. The number of anilines is 2. The molecular weight excluding hydrogens is 444 g/mol. The molecular formula is C24H32N10O. The fourth-order valence-electron chi connectivity index (χ4n) is 4.49. The number of aromatic nitrogens is 5. The van der Waals surface area contributed by atoms with E-state index in [0.717, 1.165) is 55.2 Å². The molecule has 11 heteroatoms. The van der Waals surface area contributed by atoms with Crippen LogP contribution >= 0.6 is 0 Å². The van der Waals surface area contributed by atoms with Crippen LogP contribution < -0.4 is 26.4 Å². The second kappa shape index (κ2) is 10.4. The molecule has 4 N–H and O–H groups in total. The quantitative estimate of drug-likeness (QED) is 0.402. The van der Waals surface area contributed by atoms with Crippen LogP contribution in [-0.2, 0) is 11.3 Å². The van der Waals surface area contributed by atoms with Gasteiger partial charge in [0.05, 0.1) is 6.17 Å². The number of nitrogens with one attached hydrogen (secondary N) is 4. The lowest BCUT2D eigenvalue weighted by Crippen LogP contribution is -2.41. The lowest BCUT2D eigenvalue weighted by molar-refractivity contribution is -0.125. The monoisotopic (exact) mass is 476 g/mol. The Labute approximate surface area is 204 Å². The lowest BCUT2D eigenvalue weighted by atomic mass is 9.96. The Bertz CT molecular complexity index is 1130. The predicted molar refractivity (Wildman–Crippen MR) is 133 cm³/mol. The molecule has 11 nitrogen and oxygen atoms in total. The summed E-state index contributed by atoms with van der Waals surface area (Å²) >= 11 is 0. The first-order valence-corrected chi connectivity index (χ1v) is 12.1. The van der Waals surface area contributed by atoms with E-state index >= 15 is 0 Å². The van der Waals surface area contributed by atoms with Crippen molar-refractivity contribution in [3.63, 3.8) is 0 Å². The predicted octanol–water partition coefficient (Wildman–Crippen LogP) is 1.52. The highest BCUT2D eigenvalue weighted by Crippen LogP contribution is 2.23. The number of hydrogen-bond acceptors (Lipinski definition) is 9. The fourth-order valence-corrected chi connectivity index (χ4v) is 4.49. The van der Waals surface area contributed by atoms with Crippen molar-refractivity contribution in [1.29, 1.82) is 0 Å². The maximum Gasteiger partial charge on any atom is 0.227 e. The maximum absolute atomic E-state index is 12.8. The van der Waals surface area contributed by atoms with Crippen molar-refractivity contribution in [3.8, 4) is 5.82 Å². The van der Waals surface area contributed by atoms with E-state index in [-0.39, 0.29) is 18.0 Å². The highest BCUT2D eigenvalue weighted by molar-refractivity contribution is 5.79. The van der Waals surface area contributed by atoms with Crippen LogP contribution in [0, 0.1) is 12.8 Å².